The Morgan fingerprint density at radius 3 is 2.62 bits per heavy atom. The Kier molecular flexibility index (Phi) is 4.00. The van der Waals surface area contributed by atoms with Crippen molar-refractivity contribution in [3.05, 3.63) is 22.9 Å². The van der Waals surface area contributed by atoms with Crippen LogP contribution in [0.5, 0.6) is 0 Å². The van der Waals surface area contributed by atoms with Gasteiger partial charge >= 0.3 is 5.97 Å². The molecule has 0 aliphatic heterocycles. The number of aliphatic carboxylic acids is 1. The first kappa shape index (κ1) is 12.6. The van der Waals surface area contributed by atoms with Crippen molar-refractivity contribution in [2.75, 3.05) is 5.73 Å². The quantitative estimate of drug-likeness (QED) is 0.801. The second kappa shape index (κ2) is 5.07. The fourth-order valence-electron chi connectivity index (χ4n) is 1.32. The average molecular weight is 251 g/mol. The Balaban J connectivity index is 3.32. The number of nitrogens with two attached hydrogens (primary N) is 1. The van der Waals surface area contributed by atoms with Gasteiger partial charge in [-0.1, -0.05) is 0 Å². The van der Waals surface area contributed by atoms with Crippen molar-refractivity contribution in [3.8, 4) is 0 Å². The third-order valence-corrected chi connectivity index (χ3v) is 2.33. The van der Waals surface area contributed by atoms with E-state index in [1.807, 2.05) is 0 Å². The van der Waals surface area contributed by atoms with Crippen LogP contribution in [0.2, 0.25) is 0 Å². The summed E-state index contributed by atoms with van der Waals surface area (Å²) in [6.07, 6.45) is -2.31. The van der Waals surface area contributed by atoms with E-state index in [-0.39, 0.29) is 28.4 Å². The number of nitrogens with zero attached hydrogens (tertiary/aromatic N) is 1. The second-order valence-electron chi connectivity index (χ2n) is 3.06. The van der Waals surface area contributed by atoms with Gasteiger partial charge in [-0.15, -0.1) is 11.6 Å². The highest BCUT2D eigenvalue weighted by Gasteiger charge is 2.20. The Labute approximate surface area is 95.0 Å². The van der Waals surface area contributed by atoms with Crippen molar-refractivity contribution in [3.63, 3.8) is 0 Å². The molecule has 0 amide bonds. The van der Waals surface area contributed by atoms with Gasteiger partial charge in [-0.25, -0.2) is 13.8 Å². The summed E-state index contributed by atoms with van der Waals surface area (Å²) in [5.41, 5.74) is 5.17. The minimum absolute atomic E-state index is 0.0477. The number of halogens is 3. The monoisotopic (exact) mass is 250 g/mol. The third kappa shape index (κ3) is 2.57. The summed E-state index contributed by atoms with van der Waals surface area (Å²) in [5.74, 6) is -1.48. The van der Waals surface area contributed by atoms with Crippen molar-refractivity contribution in [1.82, 2.24) is 4.98 Å². The summed E-state index contributed by atoms with van der Waals surface area (Å²) >= 11 is 5.53. The van der Waals surface area contributed by atoms with E-state index in [2.05, 4.69) is 4.98 Å². The Morgan fingerprint density at radius 1 is 1.56 bits per heavy atom. The van der Waals surface area contributed by atoms with Crippen LogP contribution in [0.3, 0.4) is 0 Å². The van der Waals surface area contributed by atoms with Gasteiger partial charge in [0.05, 0.1) is 6.42 Å². The number of alkyl halides is 3. The molecular formula is C9H9ClF2N2O2. The molecule has 0 bridgehead atoms. The standard InChI is InChI=1S/C9H9ClF2N2O2/c10-2-5-4(1-7(15)16)9(13)14-3-6(5)8(11)12/h3,8H,1-2H2,(H2,13,14)(H,15,16). The third-order valence-electron chi connectivity index (χ3n) is 2.06. The molecular weight excluding hydrogens is 242 g/mol. The largest absolute Gasteiger partial charge is 0.481 e. The highest BCUT2D eigenvalue weighted by Crippen LogP contribution is 2.29. The smallest absolute Gasteiger partial charge is 0.307 e. The molecule has 88 valence electrons. The highest BCUT2D eigenvalue weighted by atomic mass is 35.5. The predicted octanol–water partition coefficient (Wildman–Crippen LogP) is 1.97. The van der Waals surface area contributed by atoms with Gasteiger partial charge in [0.15, 0.2) is 0 Å². The normalized spacial score (nSPS) is 10.8. The fraction of sp³-hybridized carbons (Fsp3) is 0.333. The fourth-order valence-corrected chi connectivity index (χ4v) is 1.63. The van der Waals surface area contributed by atoms with E-state index >= 15 is 0 Å². The number of anilines is 1. The number of carbonyl (C=O) groups is 1. The van der Waals surface area contributed by atoms with Gasteiger partial charge in [0.2, 0.25) is 0 Å². The zero-order valence-electron chi connectivity index (χ0n) is 8.08. The molecule has 0 radical (unpaired) electrons. The molecule has 0 spiro atoms. The van der Waals surface area contributed by atoms with Gasteiger partial charge in [0, 0.05) is 23.2 Å². The molecule has 0 saturated heterocycles. The van der Waals surface area contributed by atoms with Crippen LogP contribution in [0, 0.1) is 0 Å². The molecule has 0 unspecified atom stereocenters. The van der Waals surface area contributed by atoms with Crippen molar-refractivity contribution >= 4 is 23.4 Å². The molecule has 16 heavy (non-hydrogen) atoms. The molecule has 0 aliphatic rings. The van der Waals surface area contributed by atoms with E-state index in [0.717, 1.165) is 6.20 Å². The Bertz CT molecular complexity index is 413. The molecule has 3 N–H and O–H groups in total. The number of carboxylic acid groups (broad SMARTS) is 1. The number of rotatable bonds is 4. The van der Waals surface area contributed by atoms with Crippen LogP contribution in [-0.4, -0.2) is 16.1 Å². The van der Waals surface area contributed by atoms with Crippen molar-refractivity contribution in [2.45, 2.75) is 18.7 Å². The van der Waals surface area contributed by atoms with Gasteiger partial charge < -0.3 is 10.8 Å². The molecule has 4 nitrogen and oxygen atoms in total. The summed E-state index contributed by atoms with van der Waals surface area (Å²) in [4.78, 5) is 14.1. The van der Waals surface area contributed by atoms with Crippen molar-refractivity contribution < 1.29 is 18.7 Å². The first-order valence-electron chi connectivity index (χ1n) is 4.29. The van der Waals surface area contributed by atoms with Crippen LogP contribution in [0.4, 0.5) is 14.6 Å². The maximum Gasteiger partial charge on any atom is 0.307 e. The maximum absolute atomic E-state index is 12.6. The van der Waals surface area contributed by atoms with Gasteiger partial charge in [-0.3, -0.25) is 4.79 Å². The lowest BCUT2D eigenvalue weighted by Crippen LogP contribution is -2.10. The highest BCUT2D eigenvalue weighted by molar-refractivity contribution is 6.17. The second-order valence-corrected chi connectivity index (χ2v) is 3.33. The number of hydrogen-bond donors (Lipinski definition) is 2. The molecule has 1 aromatic rings. The lowest BCUT2D eigenvalue weighted by atomic mass is 10.0. The zero-order valence-corrected chi connectivity index (χ0v) is 8.84. The van der Waals surface area contributed by atoms with Crippen molar-refractivity contribution in [1.29, 1.82) is 0 Å². The summed E-state index contributed by atoms with van der Waals surface area (Å²) in [6, 6.07) is 0. The van der Waals surface area contributed by atoms with E-state index in [9.17, 15) is 13.6 Å². The number of hydrogen-bond acceptors (Lipinski definition) is 3. The summed E-state index contributed by atoms with van der Waals surface area (Å²) in [7, 11) is 0. The van der Waals surface area contributed by atoms with E-state index < -0.39 is 18.8 Å². The van der Waals surface area contributed by atoms with E-state index in [1.54, 1.807) is 0 Å². The van der Waals surface area contributed by atoms with E-state index in [1.165, 1.54) is 0 Å². The predicted molar refractivity (Wildman–Crippen MR) is 54.5 cm³/mol. The van der Waals surface area contributed by atoms with Gasteiger partial charge in [0.25, 0.3) is 6.43 Å². The summed E-state index contributed by atoms with van der Waals surface area (Å²) < 4.78 is 25.2. The average Bonchev–Trinajstić information content (AvgIpc) is 2.19. The molecule has 0 saturated carbocycles. The molecule has 7 heteroatoms. The molecule has 0 fully saturated rings. The van der Waals surface area contributed by atoms with Crippen molar-refractivity contribution in [2.24, 2.45) is 0 Å². The number of nitrogen functional groups attached to an aromatic ring is 1. The molecule has 0 atom stereocenters. The summed E-state index contributed by atoms with van der Waals surface area (Å²) in [6.45, 7) is 0. The topological polar surface area (TPSA) is 76.2 Å². The lowest BCUT2D eigenvalue weighted by molar-refractivity contribution is -0.136. The molecule has 1 aromatic heterocycles. The molecule has 0 aliphatic carbocycles. The zero-order chi connectivity index (χ0) is 12.3. The van der Waals surface area contributed by atoms with Gasteiger partial charge in [-0.2, -0.15) is 0 Å². The minimum Gasteiger partial charge on any atom is -0.481 e. The first-order valence-corrected chi connectivity index (χ1v) is 4.82. The van der Waals surface area contributed by atoms with Crippen LogP contribution in [-0.2, 0) is 17.1 Å². The Morgan fingerprint density at radius 2 is 2.19 bits per heavy atom. The maximum atomic E-state index is 12.6. The lowest BCUT2D eigenvalue weighted by Gasteiger charge is -2.12. The Hall–Kier alpha value is -1.43. The van der Waals surface area contributed by atoms with Crippen LogP contribution in [0.15, 0.2) is 6.20 Å². The van der Waals surface area contributed by atoms with E-state index in [4.69, 9.17) is 22.4 Å². The van der Waals surface area contributed by atoms with Crippen LogP contribution < -0.4 is 5.73 Å². The SMILES string of the molecule is Nc1ncc(C(F)F)c(CCl)c1CC(=O)O. The van der Waals surface area contributed by atoms with E-state index in [0.29, 0.717) is 0 Å². The number of carboxylic acids is 1. The molecule has 1 rings (SSSR count). The molecule has 0 aromatic carbocycles. The van der Waals surface area contributed by atoms with Gasteiger partial charge in [-0.05, 0) is 5.56 Å². The van der Waals surface area contributed by atoms with Crippen LogP contribution in [0.1, 0.15) is 23.1 Å². The summed E-state index contributed by atoms with van der Waals surface area (Å²) in [5, 5.41) is 8.63. The van der Waals surface area contributed by atoms with Gasteiger partial charge in [0.1, 0.15) is 5.82 Å². The molecule has 1 heterocycles. The number of aromatic nitrogens is 1. The van der Waals surface area contributed by atoms with Crippen LogP contribution >= 0.6 is 11.6 Å². The minimum atomic E-state index is -2.76. The van der Waals surface area contributed by atoms with Crippen LogP contribution in [0.25, 0.3) is 0 Å². The number of pyridine rings is 1. The first-order chi connectivity index (χ1) is 7.47.